The van der Waals surface area contributed by atoms with Crippen LogP contribution in [0.2, 0.25) is 0 Å². The molecule has 0 fully saturated rings. The lowest BCUT2D eigenvalue weighted by molar-refractivity contribution is 0.193. The van der Waals surface area contributed by atoms with Crippen LogP contribution in [0.3, 0.4) is 0 Å². The Hall–Kier alpha value is -1.31. The van der Waals surface area contributed by atoms with Crippen molar-refractivity contribution in [3.05, 3.63) is 18.2 Å². The van der Waals surface area contributed by atoms with Gasteiger partial charge in [0.2, 0.25) is 10.0 Å². The van der Waals surface area contributed by atoms with Crippen molar-refractivity contribution in [1.82, 2.24) is 4.72 Å². The third-order valence-corrected chi connectivity index (χ3v) is 4.04. The summed E-state index contributed by atoms with van der Waals surface area (Å²) in [4.78, 5) is 0.137. The van der Waals surface area contributed by atoms with E-state index in [1.54, 1.807) is 7.11 Å². The maximum absolute atomic E-state index is 12.0. The van der Waals surface area contributed by atoms with Gasteiger partial charge in [0.05, 0.1) is 17.7 Å². The first kappa shape index (κ1) is 15.7. The van der Waals surface area contributed by atoms with E-state index in [1.165, 1.54) is 25.3 Å². The van der Waals surface area contributed by atoms with Gasteiger partial charge in [0.1, 0.15) is 5.75 Å². The Morgan fingerprint density at radius 1 is 1.26 bits per heavy atom. The highest BCUT2D eigenvalue weighted by Gasteiger charge is 2.14. The molecular formula is C12H20N2O4S. The van der Waals surface area contributed by atoms with Crippen molar-refractivity contribution in [2.24, 2.45) is 0 Å². The second kappa shape index (κ2) is 7.32. The number of anilines is 1. The molecule has 19 heavy (non-hydrogen) atoms. The minimum absolute atomic E-state index is 0.137. The number of ether oxygens (including phenoxy) is 2. The van der Waals surface area contributed by atoms with Gasteiger partial charge in [0.25, 0.3) is 0 Å². The Bertz CT molecular complexity index is 502. The molecule has 0 aliphatic rings. The second-order valence-corrected chi connectivity index (χ2v) is 5.77. The van der Waals surface area contributed by atoms with Gasteiger partial charge in [-0.2, -0.15) is 0 Å². The lowest BCUT2D eigenvalue weighted by atomic mass is 10.3. The summed E-state index contributed by atoms with van der Waals surface area (Å²) in [5.74, 6) is 0.457. The lowest BCUT2D eigenvalue weighted by Crippen LogP contribution is -2.25. The minimum Gasteiger partial charge on any atom is -0.495 e. The molecular weight excluding hydrogens is 268 g/mol. The molecule has 0 amide bonds. The first-order valence-electron chi connectivity index (χ1n) is 5.93. The van der Waals surface area contributed by atoms with Gasteiger partial charge in [-0.3, -0.25) is 0 Å². The summed E-state index contributed by atoms with van der Waals surface area (Å²) in [5.41, 5.74) is 5.99. The number of hydrogen-bond acceptors (Lipinski definition) is 5. The zero-order valence-electron chi connectivity index (χ0n) is 11.2. The minimum atomic E-state index is -3.52. The Morgan fingerprint density at radius 2 is 2.00 bits per heavy atom. The third-order valence-electron chi connectivity index (χ3n) is 2.58. The van der Waals surface area contributed by atoms with Crippen LogP contribution in [-0.2, 0) is 14.8 Å². The fourth-order valence-corrected chi connectivity index (χ4v) is 2.65. The van der Waals surface area contributed by atoms with Crippen LogP contribution in [0.15, 0.2) is 23.1 Å². The maximum atomic E-state index is 12.0. The predicted molar refractivity (Wildman–Crippen MR) is 73.7 cm³/mol. The van der Waals surface area contributed by atoms with Crippen LogP contribution in [-0.4, -0.2) is 35.8 Å². The maximum Gasteiger partial charge on any atom is 0.240 e. The monoisotopic (exact) mass is 288 g/mol. The van der Waals surface area contributed by atoms with Crippen molar-refractivity contribution in [2.45, 2.75) is 17.7 Å². The molecule has 1 aromatic rings. The highest BCUT2D eigenvalue weighted by molar-refractivity contribution is 7.89. The number of rotatable bonds is 8. The predicted octanol–water partition coefficient (Wildman–Crippen LogP) is 0.982. The molecule has 1 aromatic carbocycles. The van der Waals surface area contributed by atoms with Gasteiger partial charge >= 0.3 is 0 Å². The van der Waals surface area contributed by atoms with E-state index in [-0.39, 0.29) is 4.90 Å². The lowest BCUT2D eigenvalue weighted by Gasteiger charge is -2.09. The molecule has 7 heteroatoms. The SMILES string of the molecule is COCCCCNS(=O)(=O)c1ccc(OC)c(N)c1. The fraction of sp³-hybridized carbons (Fsp3) is 0.500. The molecule has 0 radical (unpaired) electrons. The summed E-state index contributed by atoms with van der Waals surface area (Å²) < 4.78 is 36.4. The summed E-state index contributed by atoms with van der Waals surface area (Å²) >= 11 is 0. The number of nitrogens with one attached hydrogen (secondary N) is 1. The molecule has 108 valence electrons. The largest absolute Gasteiger partial charge is 0.495 e. The van der Waals surface area contributed by atoms with E-state index >= 15 is 0 Å². The van der Waals surface area contributed by atoms with E-state index in [4.69, 9.17) is 15.2 Å². The number of hydrogen-bond donors (Lipinski definition) is 2. The van der Waals surface area contributed by atoms with Gasteiger partial charge in [0, 0.05) is 20.3 Å². The smallest absolute Gasteiger partial charge is 0.240 e. The molecule has 0 heterocycles. The number of sulfonamides is 1. The van der Waals surface area contributed by atoms with E-state index in [0.29, 0.717) is 24.6 Å². The molecule has 0 spiro atoms. The van der Waals surface area contributed by atoms with Crippen molar-refractivity contribution in [1.29, 1.82) is 0 Å². The molecule has 0 aliphatic heterocycles. The fourth-order valence-electron chi connectivity index (χ4n) is 1.54. The molecule has 0 aliphatic carbocycles. The quantitative estimate of drug-likeness (QED) is 0.550. The Morgan fingerprint density at radius 3 is 2.58 bits per heavy atom. The molecule has 0 saturated carbocycles. The number of benzene rings is 1. The zero-order chi connectivity index (χ0) is 14.3. The normalized spacial score (nSPS) is 11.5. The number of nitrogens with two attached hydrogens (primary N) is 1. The Balaban J connectivity index is 2.64. The highest BCUT2D eigenvalue weighted by atomic mass is 32.2. The van der Waals surface area contributed by atoms with Crippen molar-refractivity contribution in [3.8, 4) is 5.75 Å². The number of methoxy groups -OCH3 is 2. The molecule has 0 atom stereocenters. The van der Waals surface area contributed by atoms with Crippen LogP contribution in [0.25, 0.3) is 0 Å². The summed E-state index contributed by atoms with van der Waals surface area (Å²) in [6.07, 6.45) is 1.53. The highest BCUT2D eigenvalue weighted by Crippen LogP contribution is 2.24. The number of nitrogen functional groups attached to an aromatic ring is 1. The van der Waals surface area contributed by atoms with E-state index < -0.39 is 10.0 Å². The van der Waals surface area contributed by atoms with Gasteiger partial charge in [-0.25, -0.2) is 13.1 Å². The van der Waals surface area contributed by atoms with Gasteiger partial charge in [0.15, 0.2) is 0 Å². The van der Waals surface area contributed by atoms with Gasteiger partial charge in [-0.05, 0) is 31.0 Å². The third kappa shape index (κ3) is 4.70. The standard InChI is InChI=1S/C12H20N2O4S/c1-17-8-4-3-7-14-19(15,16)10-5-6-12(18-2)11(13)9-10/h5-6,9,14H,3-4,7-8,13H2,1-2H3. The van der Waals surface area contributed by atoms with E-state index in [2.05, 4.69) is 4.72 Å². The van der Waals surface area contributed by atoms with Crippen molar-refractivity contribution in [2.75, 3.05) is 33.1 Å². The topological polar surface area (TPSA) is 90.6 Å². The Labute approximate surface area is 113 Å². The molecule has 0 bridgehead atoms. The molecule has 3 N–H and O–H groups in total. The average molecular weight is 288 g/mol. The van der Waals surface area contributed by atoms with E-state index in [1.807, 2.05) is 0 Å². The van der Waals surface area contributed by atoms with Crippen molar-refractivity contribution >= 4 is 15.7 Å². The van der Waals surface area contributed by atoms with Crippen molar-refractivity contribution in [3.63, 3.8) is 0 Å². The van der Waals surface area contributed by atoms with E-state index in [0.717, 1.165) is 12.8 Å². The summed E-state index contributed by atoms with van der Waals surface area (Å²) in [6, 6.07) is 4.39. The molecule has 6 nitrogen and oxygen atoms in total. The molecule has 0 aromatic heterocycles. The molecule has 0 saturated heterocycles. The van der Waals surface area contributed by atoms with Crippen molar-refractivity contribution < 1.29 is 17.9 Å². The molecule has 0 unspecified atom stereocenters. The first-order chi connectivity index (χ1) is 9.01. The second-order valence-electron chi connectivity index (χ2n) is 4.00. The van der Waals surface area contributed by atoms with Gasteiger partial charge < -0.3 is 15.2 Å². The van der Waals surface area contributed by atoms with Crippen LogP contribution in [0.1, 0.15) is 12.8 Å². The average Bonchev–Trinajstić information content (AvgIpc) is 2.38. The van der Waals surface area contributed by atoms with Crippen LogP contribution < -0.4 is 15.2 Å². The van der Waals surface area contributed by atoms with Crippen LogP contribution in [0, 0.1) is 0 Å². The van der Waals surface area contributed by atoms with Crippen LogP contribution in [0.5, 0.6) is 5.75 Å². The summed E-state index contributed by atoms with van der Waals surface area (Å²) in [7, 11) is -0.426. The van der Waals surface area contributed by atoms with Gasteiger partial charge in [-0.15, -0.1) is 0 Å². The molecule has 1 rings (SSSR count). The Kier molecular flexibility index (Phi) is 6.07. The van der Waals surface area contributed by atoms with E-state index in [9.17, 15) is 8.42 Å². The summed E-state index contributed by atoms with van der Waals surface area (Å²) in [6.45, 7) is 0.995. The van der Waals surface area contributed by atoms with Gasteiger partial charge in [-0.1, -0.05) is 0 Å². The first-order valence-corrected chi connectivity index (χ1v) is 7.41. The zero-order valence-corrected chi connectivity index (χ0v) is 12.0. The van der Waals surface area contributed by atoms with Crippen LogP contribution in [0.4, 0.5) is 5.69 Å². The van der Waals surface area contributed by atoms with Crippen LogP contribution >= 0.6 is 0 Å². The number of unbranched alkanes of at least 4 members (excludes halogenated alkanes) is 1. The summed E-state index contributed by atoms with van der Waals surface area (Å²) in [5, 5.41) is 0.